The number of phenolic OH excluding ortho intramolecular Hbond substituents is 2. The molecule has 0 fully saturated rings. The number of carbonyl (C=O) groups excluding carboxylic acids is 4. The van der Waals surface area contributed by atoms with E-state index in [1.165, 1.54) is 36.4 Å². The first-order valence-electron chi connectivity index (χ1n) is 12.5. The van der Waals surface area contributed by atoms with Gasteiger partial charge in [-0.15, -0.1) is 0 Å². The number of carbonyl (C=O) groups is 5. The van der Waals surface area contributed by atoms with Crippen molar-refractivity contribution in [3.63, 3.8) is 0 Å². The normalized spacial score (nSPS) is 13.9. The maximum absolute atomic E-state index is 13.1. The molecule has 40 heavy (non-hydrogen) atoms. The molecule has 2 aromatic carbocycles. The zero-order chi connectivity index (χ0) is 30.0. The minimum Gasteiger partial charge on any atom is -0.508 e. The highest BCUT2D eigenvalue weighted by Gasteiger charge is 2.32. The molecule has 2 rings (SSSR count). The van der Waals surface area contributed by atoms with Crippen LogP contribution in [0.15, 0.2) is 48.5 Å². The predicted octanol–water partition coefficient (Wildman–Crippen LogP) is -0.719. The molecule has 0 saturated carbocycles. The number of carboxylic acid groups (broad SMARTS) is 1. The Morgan fingerprint density at radius 3 is 1.65 bits per heavy atom. The summed E-state index contributed by atoms with van der Waals surface area (Å²) in [4.78, 5) is 62.3. The number of aliphatic carboxylic acids is 1. The number of benzene rings is 2. The second kappa shape index (κ2) is 14.5. The Hall–Kier alpha value is -4.65. The summed E-state index contributed by atoms with van der Waals surface area (Å²) < 4.78 is 0. The van der Waals surface area contributed by atoms with Crippen LogP contribution in [0.3, 0.4) is 0 Å². The number of nitrogens with two attached hydrogens (primary N) is 2. The molecule has 13 nitrogen and oxygen atoms in total. The zero-order valence-corrected chi connectivity index (χ0v) is 22.2. The van der Waals surface area contributed by atoms with Gasteiger partial charge >= 0.3 is 5.97 Å². The second-order valence-electron chi connectivity index (χ2n) is 9.71. The van der Waals surface area contributed by atoms with Crippen molar-refractivity contribution in [3.8, 4) is 11.5 Å². The maximum atomic E-state index is 13.1. The van der Waals surface area contributed by atoms with Gasteiger partial charge in [-0.05, 0) is 47.7 Å². The third-order valence-corrected chi connectivity index (χ3v) is 6.00. The number of nitrogens with one attached hydrogen (secondary N) is 3. The number of amides is 4. The van der Waals surface area contributed by atoms with Gasteiger partial charge in [0.05, 0.1) is 12.5 Å². The summed E-state index contributed by atoms with van der Waals surface area (Å²) in [7, 11) is 0. The zero-order valence-electron chi connectivity index (χ0n) is 22.2. The maximum Gasteiger partial charge on any atom is 0.326 e. The fourth-order valence-electron chi connectivity index (χ4n) is 3.79. The minimum absolute atomic E-state index is 0.0167. The Bertz CT molecular complexity index is 1200. The monoisotopic (exact) mass is 557 g/mol. The molecule has 0 aliphatic rings. The van der Waals surface area contributed by atoms with Crippen molar-refractivity contribution < 1.29 is 39.3 Å². The lowest BCUT2D eigenvalue weighted by Crippen LogP contribution is -2.59. The van der Waals surface area contributed by atoms with Crippen molar-refractivity contribution in [1.82, 2.24) is 16.0 Å². The van der Waals surface area contributed by atoms with Gasteiger partial charge < -0.3 is 42.7 Å². The van der Waals surface area contributed by atoms with E-state index in [2.05, 4.69) is 16.0 Å². The topological polar surface area (TPSA) is 234 Å². The van der Waals surface area contributed by atoms with Gasteiger partial charge in [-0.1, -0.05) is 38.1 Å². The van der Waals surface area contributed by atoms with Crippen LogP contribution in [0.2, 0.25) is 0 Å². The highest BCUT2D eigenvalue weighted by Crippen LogP contribution is 2.13. The van der Waals surface area contributed by atoms with E-state index in [1.807, 2.05) is 0 Å². The van der Waals surface area contributed by atoms with E-state index < -0.39 is 66.1 Å². The first kappa shape index (κ1) is 31.6. The van der Waals surface area contributed by atoms with Gasteiger partial charge in [0.2, 0.25) is 23.6 Å². The summed E-state index contributed by atoms with van der Waals surface area (Å²) in [5, 5.41) is 35.7. The van der Waals surface area contributed by atoms with E-state index in [1.54, 1.807) is 26.0 Å². The molecule has 216 valence electrons. The highest BCUT2D eigenvalue weighted by atomic mass is 16.4. The summed E-state index contributed by atoms with van der Waals surface area (Å²) in [6.45, 7) is 3.30. The lowest BCUT2D eigenvalue weighted by Gasteiger charge is -2.26. The summed E-state index contributed by atoms with van der Waals surface area (Å²) in [5.41, 5.74) is 12.5. The molecule has 0 bridgehead atoms. The molecule has 4 amide bonds. The summed E-state index contributed by atoms with van der Waals surface area (Å²) in [5.74, 6) is -5.10. The molecule has 0 aromatic heterocycles. The first-order valence-corrected chi connectivity index (χ1v) is 12.5. The van der Waals surface area contributed by atoms with Crippen molar-refractivity contribution in [2.75, 3.05) is 0 Å². The number of aromatic hydroxyl groups is 2. The number of phenols is 2. The molecule has 13 heteroatoms. The van der Waals surface area contributed by atoms with Crippen molar-refractivity contribution in [1.29, 1.82) is 0 Å². The molecule has 0 saturated heterocycles. The summed E-state index contributed by atoms with van der Waals surface area (Å²) in [6.07, 6.45) is -0.632. The quantitative estimate of drug-likeness (QED) is 0.146. The molecule has 0 radical (unpaired) electrons. The Morgan fingerprint density at radius 1 is 0.725 bits per heavy atom. The van der Waals surface area contributed by atoms with Crippen molar-refractivity contribution in [2.45, 2.75) is 57.3 Å². The van der Waals surface area contributed by atoms with Gasteiger partial charge in [0.15, 0.2) is 0 Å². The highest BCUT2D eigenvalue weighted by molar-refractivity contribution is 5.96. The molecule has 0 spiro atoms. The third-order valence-electron chi connectivity index (χ3n) is 6.00. The lowest BCUT2D eigenvalue weighted by atomic mass is 10.0. The van der Waals surface area contributed by atoms with Crippen molar-refractivity contribution in [3.05, 3.63) is 59.7 Å². The fraction of sp³-hybridized carbons (Fsp3) is 0.370. The van der Waals surface area contributed by atoms with Gasteiger partial charge in [-0.3, -0.25) is 19.2 Å². The molecule has 4 unspecified atom stereocenters. The average Bonchev–Trinajstić information content (AvgIpc) is 2.88. The van der Waals surface area contributed by atoms with Gasteiger partial charge in [0, 0.05) is 6.42 Å². The summed E-state index contributed by atoms with van der Waals surface area (Å²) in [6, 6.07) is 6.72. The Kier molecular flexibility index (Phi) is 11.4. The molecule has 0 heterocycles. The molecular formula is C27H35N5O8. The molecular weight excluding hydrogens is 522 g/mol. The van der Waals surface area contributed by atoms with Crippen molar-refractivity contribution >= 4 is 29.6 Å². The SMILES string of the molecule is CC(C)C(NC(=O)C(N)Cc1ccc(O)cc1)C(=O)NC(CC(N)=O)C(=O)NC(Cc1ccc(O)cc1)C(=O)O. The van der Waals surface area contributed by atoms with Crippen LogP contribution in [0.5, 0.6) is 11.5 Å². The van der Waals surface area contributed by atoms with Crippen LogP contribution in [0, 0.1) is 5.92 Å². The second-order valence-corrected chi connectivity index (χ2v) is 9.71. The van der Waals surface area contributed by atoms with Crippen LogP contribution < -0.4 is 27.4 Å². The van der Waals surface area contributed by atoms with Crippen LogP contribution in [0.4, 0.5) is 0 Å². The number of carboxylic acids is 1. The standard InChI is InChI=1S/C27H35N5O8/c1-14(2)23(32-24(36)19(28)11-15-3-7-17(33)8-4-15)26(38)30-20(13-22(29)35)25(37)31-21(27(39)40)12-16-5-9-18(34)10-6-16/h3-10,14,19-21,23,33-34H,11-13,28H2,1-2H3,(H2,29,35)(H,30,38)(H,31,37)(H,32,36)(H,39,40). The smallest absolute Gasteiger partial charge is 0.326 e. The van der Waals surface area contributed by atoms with E-state index >= 15 is 0 Å². The largest absolute Gasteiger partial charge is 0.508 e. The van der Waals surface area contributed by atoms with Crippen LogP contribution in [-0.4, -0.2) is 69.1 Å². The number of primary amides is 1. The Labute approximate surface area is 230 Å². The van der Waals surface area contributed by atoms with E-state index in [9.17, 15) is 39.3 Å². The predicted molar refractivity (Wildman–Crippen MR) is 144 cm³/mol. The molecule has 4 atom stereocenters. The molecule has 10 N–H and O–H groups in total. The molecule has 2 aromatic rings. The van der Waals surface area contributed by atoms with E-state index in [0.717, 1.165) is 0 Å². The molecule has 0 aliphatic carbocycles. The van der Waals surface area contributed by atoms with E-state index in [-0.39, 0.29) is 24.3 Å². The Morgan fingerprint density at radius 2 is 1.20 bits per heavy atom. The fourth-order valence-corrected chi connectivity index (χ4v) is 3.79. The van der Waals surface area contributed by atoms with Gasteiger partial charge in [-0.25, -0.2) is 4.79 Å². The van der Waals surface area contributed by atoms with E-state index in [0.29, 0.717) is 11.1 Å². The number of hydrogen-bond acceptors (Lipinski definition) is 8. The van der Waals surface area contributed by atoms with Gasteiger partial charge in [-0.2, -0.15) is 0 Å². The van der Waals surface area contributed by atoms with E-state index in [4.69, 9.17) is 11.5 Å². The lowest BCUT2D eigenvalue weighted by molar-refractivity contribution is -0.142. The van der Waals surface area contributed by atoms with Gasteiger partial charge in [0.1, 0.15) is 29.6 Å². The minimum atomic E-state index is -1.52. The summed E-state index contributed by atoms with van der Waals surface area (Å²) >= 11 is 0. The first-order chi connectivity index (χ1) is 18.8. The average molecular weight is 558 g/mol. The Balaban J connectivity index is 2.11. The van der Waals surface area contributed by atoms with Crippen LogP contribution >= 0.6 is 0 Å². The van der Waals surface area contributed by atoms with Crippen molar-refractivity contribution in [2.24, 2.45) is 17.4 Å². The van der Waals surface area contributed by atoms with Crippen LogP contribution in [0.1, 0.15) is 31.4 Å². The third kappa shape index (κ3) is 9.91. The number of hydrogen-bond donors (Lipinski definition) is 8. The van der Waals surface area contributed by atoms with Gasteiger partial charge in [0.25, 0.3) is 0 Å². The van der Waals surface area contributed by atoms with Crippen LogP contribution in [0.25, 0.3) is 0 Å². The number of rotatable bonds is 14. The molecule has 0 aliphatic heterocycles. The van der Waals surface area contributed by atoms with Crippen LogP contribution in [-0.2, 0) is 36.8 Å².